The zero-order valence-electron chi connectivity index (χ0n) is 17.3. The lowest BCUT2D eigenvalue weighted by Gasteiger charge is -2.28. The number of ether oxygens (including phenoxy) is 2. The molecule has 2 atom stereocenters. The SMILES string of the molecule is CCC(N[S+]([O-])C(C)(C)C)c1ccc(Cl)c(Oc2ccc(F)c(C(=O)OC)c2)c1F. The van der Waals surface area contributed by atoms with Crippen molar-refractivity contribution in [2.75, 3.05) is 7.11 Å². The van der Waals surface area contributed by atoms with Crippen molar-refractivity contribution < 1.29 is 27.6 Å². The lowest BCUT2D eigenvalue weighted by molar-refractivity contribution is 0.0595. The molecule has 0 aliphatic rings. The Balaban J connectivity index is 2.40. The van der Waals surface area contributed by atoms with E-state index in [1.54, 1.807) is 0 Å². The Morgan fingerprint density at radius 1 is 1.27 bits per heavy atom. The fourth-order valence-electron chi connectivity index (χ4n) is 2.54. The number of hydrogen-bond donors (Lipinski definition) is 1. The van der Waals surface area contributed by atoms with Crippen LogP contribution in [0, 0.1) is 11.6 Å². The molecule has 30 heavy (non-hydrogen) atoms. The molecule has 9 heteroatoms. The third-order valence-corrected chi connectivity index (χ3v) is 6.14. The number of benzene rings is 2. The molecule has 0 aromatic heterocycles. The topological polar surface area (TPSA) is 70.6 Å². The van der Waals surface area contributed by atoms with E-state index in [0.29, 0.717) is 6.42 Å². The number of carbonyl (C=O) groups is 1. The Morgan fingerprint density at radius 2 is 1.93 bits per heavy atom. The van der Waals surface area contributed by atoms with Gasteiger partial charge in [-0.1, -0.05) is 24.6 Å². The second-order valence-electron chi connectivity index (χ2n) is 7.47. The van der Waals surface area contributed by atoms with Crippen LogP contribution in [-0.4, -0.2) is 22.4 Å². The first kappa shape index (κ1) is 24.4. The monoisotopic (exact) mass is 459 g/mol. The van der Waals surface area contributed by atoms with Crippen molar-refractivity contribution in [3.63, 3.8) is 0 Å². The third kappa shape index (κ3) is 5.63. The fraction of sp³-hybridized carbons (Fsp3) is 0.381. The first-order valence-corrected chi connectivity index (χ1v) is 10.7. The van der Waals surface area contributed by atoms with Gasteiger partial charge in [0.1, 0.15) is 16.3 Å². The zero-order chi connectivity index (χ0) is 22.6. The van der Waals surface area contributed by atoms with Crippen molar-refractivity contribution in [3.05, 3.63) is 58.1 Å². The van der Waals surface area contributed by atoms with Crippen molar-refractivity contribution in [1.29, 1.82) is 0 Å². The van der Waals surface area contributed by atoms with Crippen LogP contribution in [-0.2, 0) is 16.1 Å². The van der Waals surface area contributed by atoms with Gasteiger partial charge in [-0.15, -0.1) is 4.72 Å². The van der Waals surface area contributed by atoms with Gasteiger partial charge in [0.15, 0.2) is 11.6 Å². The first-order valence-electron chi connectivity index (χ1n) is 9.21. The van der Waals surface area contributed by atoms with Crippen LogP contribution in [0.3, 0.4) is 0 Å². The van der Waals surface area contributed by atoms with E-state index in [2.05, 4.69) is 9.46 Å². The molecule has 5 nitrogen and oxygen atoms in total. The minimum Gasteiger partial charge on any atom is -0.598 e. The van der Waals surface area contributed by atoms with Crippen LogP contribution in [0.25, 0.3) is 0 Å². The Morgan fingerprint density at radius 3 is 2.50 bits per heavy atom. The van der Waals surface area contributed by atoms with E-state index in [1.165, 1.54) is 18.2 Å². The van der Waals surface area contributed by atoms with Gasteiger partial charge >= 0.3 is 5.97 Å². The highest BCUT2D eigenvalue weighted by Crippen LogP contribution is 2.37. The van der Waals surface area contributed by atoms with E-state index >= 15 is 4.39 Å². The number of nitrogens with one attached hydrogen (secondary N) is 1. The van der Waals surface area contributed by atoms with Crippen LogP contribution < -0.4 is 9.46 Å². The molecule has 2 unspecified atom stereocenters. The molecule has 2 aromatic carbocycles. The summed E-state index contributed by atoms with van der Waals surface area (Å²) in [7, 11) is 1.12. The normalized spacial score (nSPS) is 13.6. The highest BCUT2D eigenvalue weighted by molar-refractivity contribution is 7.90. The molecule has 0 saturated heterocycles. The summed E-state index contributed by atoms with van der Waals surface area (Å²) in [6.45, 7) is 7.25. The van der Waals surface area contributed by atoms with Gasteiger partial charge in [0.2, 0.25) is 0 Å². The summed E-state index contributed by atoms with van der Waals surface area (Å²) >= 11 is 4.71. The van der Waals surface area contributed by atoms with Crippen LogP contribution in [0.15, 0.2) is 30.3 Å². The van der Waals surface area contributed by atoms with E-state index in [9.17, 15) is 13.7 Å². The predicted molar refractivity (Wildman–Crippen MR) is 113 cm³/mol. The highest BCUT2D eigenvalue weighted by atomic mass is 35.5. The standard InChI is InChI=1S/C21H24ClF2NO4S/c1-6-17(25-30(27)21(2,3)4)13-8-9-15(22)19(18(13)24)29-12-7-10-16(23)14(11-12)20(26)28-5/h7-11,17,25H,6H2,1-5H3. The van der Waals surface area contributed by atoms with Crippen molar-refractivity contribution in [3.8, 4) is 11.5 Å². The van der Waals surface area contributed by atoms with Crippen LogP contribution in [0.4, 0.5) is 8.78 Å². The number of esters is 1. The van der Waals surface area contributed by atoms with Crippen molar-refractivity contribution >= 4 is 28.9 Å². The van der Waals surface area contributed by atoms with E-state index in [0.717, 1.165) is 19.2 Å². The van der Waals surface area contributed by atoms with Gasteiger partial charge in [0.05, 0.1) is 23.7 Å². The maximum atomic E-state index is 15.3. The average molecular weight is 460 g/mol. The fourth-order valence-corrected chi connectivity index (χ4v) is 3.63. The van der Waals surface area contributed by atoms with E-state index in [1.807, 2.05) is 27.7 Å². The Hall–Kier alpha value is -1.87. The maximum absolute atomic E-state index is 15.3. The largest absolute Gasteiger partial charge is 0.598 e. The molecular weight excluding hydrogens is 436 g/mol. The molecule has 0 radical (unpaired) electrons. The van der Waals surface area contributed by atoms with Gasteiger partial charge in [-0.05, 0) is 51.5 Å². The molecule has 0 amide bonds. The van der Waals surface area contributed by atoms with Gasteiger partial charge in [-0.2, -0.15) is 0 Å². The van der Waals surface area contributed by atoms with Gasteiger partial charge < -0.3 is 14.0 Å². The lowest BCUT2D eigenvalue weighted by atomic mass is 10.0. The molecule has 164 valence electrons. The summed E-state index contributed by atoms with van der Waals surface area (Å²) in [5, 5.41) is -0.00742. The first-order chi connectivity index (χ1) is 14.0. The second-order valence-corrected chi connectivity index (χ2v) is 9.88. The average Bonchev–Trinajstić information content (AvgIpc) is 2.69. The highest BCUT2D eigenvalue weighted by Gasteiger charge is 2.31. The van der Waals surface area contributed by atoms with Gasteiger partial charge in [-0.3, -0.25) is 0 Å². The summed E-state index contributed by atoms with van der Waals surface area (Å²) < 4.78 is 54.1. The number of rotatable bonds is 7. The summed E-state index contributed by atoms with van der Waals surface area (Å²) in [5.74, 6) is -2.70. The summed E-state index contributed by atoms with van der Waals surface area (Å²) in [5.41, 5.74) is -0.124. The molecule has 0 spiro atoms. The quantitative estimate of drug-likeness (QED) is 0.424. The number of hydrogen-bond acceptors (Lipinski definition) is 5. The Bertz CT molecular complexity index is 921. The Labute approximate surface area is 183 Å². The summed E-state index contributed by atoms with van der Waals surface area (Å²) in [4.78, 5) is 11.7. The van der Waals surface area contributed by atoms with Crippen LogP contribution in [0.1, 0.15) is 56.1 Å². The molecule has 0 aliphatic heterocycles. The second kappa shape index (κ2) is 9.96. The number of carbonyl (C=O) groups excluding carboxylic acids is 1. The Kier molecular flexibility index (Phi) is 8.10. The smallest absolute Gasteiger partial charge is 0.340 e. The van der Waals surface area contributed by atoms with Gasteiger partial charge in [0, 0.05) is 16.9 Å². The molecular formula is C21H24ClF2NO4S. The van der Waals surface area contributed by atoms with E-state index in [-0.39, 0.29) is 27.6 Å². The third-order valence-electron chi connectivity index (χ3n) is 4.23. The molecule has 0 heterocycles. The van der Waals surface area contributed by atoms with Gasteiger partial charge in [-0.25, -0.2) is 13.6 Å². The summed E-state index contributed by atoms with van der Waals surface area (Å²) in [6, 6.07) is 5.77. The van der Waals surface area contributed by atoms with Crippen molar-refractivity contribution in [2.45, 2.75) is 44.9 Å². The summed E-state index contributed by atoms with van der Waals surface area (Å²) in [6.07, 6.45) is 0.461. The molecule has 0 fully saturated rings. The van der Waals surface area contributed by atoms with Crippen LogP contribution in [0.2, 0.25) is 5.02 Å². The maximum Gasteiger partial charge on any atom is 0.340 e. The number of halogens is 3. The molecule has 0 saturated carbocycles. The molecule has 0 aliphatic carbocycles. The molecule has 1 N–H and O–H groups in total. The van der Waals surface area contributed by atoms with Crippen molar-refractivity contribution in [2.24, 2.45) is 0 Å². The van der Waals surface area contributed by atoms with Gasteiger partial charge in [0.25, 0.3) is 0 Å². The zero-order valence-corrected chi connectivity index (χ0v) is 18.9. The minimum absolute atomic E-state index is 0.00742. The molecule has 0 bridgehead atoms. The predicted octanol–water partition coefficient (Wildman–Crippen LogP) is 5.70. The van der Waals surface area contributed by atoms with Crippen LogP contribution >= 0.6 is 11.6 Å². The molecule has 2 aromatic rings. The molecule has 2 rings (SSSR count). The van der Waals surface area contributed by atoms with E-state index in [4.69, 9.17) is 16.3 Å². The number of methoxy groups -OCH3 is 1. The lowest BCUT2D eigenvalue weighted by Crippen LogP contribution is -2.41. The minimum atomic E-state index is -1.42. The van der Waals surface area contributed by atoms with Crippen molar-refractivity contribution in [1.82, 2.24) is 4.72 Å². The van der Waals surface area contributed by atoms with Crippen LogP contribution in [0.5, 0.6) is 11.5 Å². The van der Waals surface area contributed by atoms with E-state index < -0.39 is 39.8 Å².